The quantitative estimate of drug-likeness (QED) is 0.533. The second kappa shape index (κ2) is 5.85. The van der Waals surface area contributed by atoms with Crippen LogP contribution in [-0.2, 0) is 0 Å². The van der Waals surface area contributed by atoms with E-state index in [1.807, 2.05) is 0 Å². The Labute approximate surface area is 123 Å². The lowest BCUT2D eigenvalue weighted by molar-refractivity contribution is -0.383. The third-order valence-electron chi connectivity index (χ3n) is 2.41. The monoisotopic (exact) mass is 311 g/mol. The molecule has 102 valence electrons. The number of carbonyl (C=O) groups is 1. The molecule has 0 saturated heterocycles. The molecule has 0 saturated carbocycles. The van der Waals surface area contributed by atoms with Gasteiger partial charge in [0.1, 0.15) is 10.8 Å². The summed E-state index contributed by atoms with van der Waals surface area (Å²) in [6.07, 6.45) is 1.43. The van der Waals surface area contributed by atoms with Crippen molar-refractivity contribution in [2.45, 2.75) is 0 Å². The van der Waals surface area contributed by atoms with Crippen LogP contribution in [0.3, 0.4) is 0 Å². The molecule has 0 unspecified atom stereocenters. The van der Waals surface area contributed by atoms with Crippen LogP contribution in [0.2, 0.25) is 10.2 Å². The number of nitrogens with zero attached hydrogens (tertiary/aromatic N) is 2. The first-order valence-electron chi connectivity index (χ1n) is 5.35. The summed E-state index contributed by atoms with van der Waals surface area (Å²) in [5, 5.41) is 13.6. The smallest absolute Gasteiger partial charge is 0.292 e. The van der Waals surface area contributed by atoms with Gasteiger partial charge in [0.2, 0.25) is 0 Å². The van der Waals surface area contributed by atoms with Crippen LogP contribution in [0.5, 0.6) is 0 Å². The second-order valence-electron chi connectivity index (χ2n) is 3.71. The number of rotatable bonds is 3. The van der Waals surface area contributed by atoms with Gasteiger partial charge in [0.05, 0.1) is 10.5 Å². The summed E-state index contributed by atoms with van der Waals surface area (Å²) in [5.41, 5.74) is -0.154. The number of halogens is 2. The van der Waals surface area contributed by atoms with Gasteiger partial charge in [-0.05, 0) is 24.3 Å². The summed E-state index contributed by atoms with van der Waals surface area (Å²) in [7, 11) is 0. The molecule has 0 radical (unpaired) electrons. The molecule has 2 aromatic rings. The van der Waals surface area contributed by atoms with Crippen molar-refractivity contribution in [3.8, 4) is 0 Å². The minimum atomic E-state index is -0.614. The Hall–Kier alpha value is -2.18. The number of nitro groups is 1. The maximum Gasteiger partial charge on any atom is 0.292 e. The normalized spacial score (nSPS) is 10.1. The Morgan fingerprint density at radius 3 is 2.70 bits per heavy atom. The number of amides is 1. The summed E-state index contributed by atoms with van der Waals surface area (Å²) in [6, 6.07) is 6.87. The first kappa shape index (κ1) is 14.2. The third-order valence-corrected chi connectivity index (χ3v) is 2.94. The topological polar surface area (TPSA) is 85.1 Å². The van der Waals surface area contributed by atoms with Crippen molar-refractivity contribution in [2.24, 2.45) is 0 Å². The van der Waals surface area contributed by atoms with E-state index in [0.717, 1.165) is 0 Å². The zero-order chi connectivity index (χ0) is 14.7. The molecule has 0 bridgehead atoms. The molecule has 0 atom stereocenters. The fourth-order valence-electron chi connectivity index (χ4n) is 1.51. The molecular formula is C12H7Cl2N3O3. The molecule has 20 heavy (non-hydrogen) atoms. The number of pyridine rings is 1. The number of aromatic nitrogens is 1. The van der Waals surface area contributed by atoms with Gasteiger partial charge in [-0.3, -0.25) is 14.9 Å². The van der Waals surface area contributed by atoms with Crippen LogP contribution >= 0.6 is 23.2 Å². The Morgan fingerprint density at radius 1 is 1.30 bits per heavy atom. The van der Waals surface area contributed by atoms with E-state index in [1.165, 1.54) is 36.5 Å². The van der Waals surface area contributed by atoms with Gasteiger partial charge in [0.25, 0.3) is 11.6 Å². The highest BCUT2D eigenvalue weighted by molar-refractivity contribution is 6.33. The minimum Gasteiger partial charge on any atom is -0.316 e. The van der Waals surface area contributed by atoms with Crippen LogP contribution in [0.1, 0.15) is 10.4 Å². The molecule has 8 heteroatoms. The predicted octanol–water partition coefficient (Wildman–Crippen LogP) is 3.55. The molecule has 1 amide bonds. The number of hydrogen-bond acceptors (Lipinski definition) is 4. The van der Waals surface area contributed by atoms with Gasteiger partial charge >= 0.3 is 0 Å². The highest BCUT2D eigenvalue weighted by Gasteiger charge is 2.18. The first-order chi connectivity index (χ1) is 9.49. The van der Waals surface area contributed by atoms with Gasteiger partial charge in [-0.1, -0.05) is 23.2 Å². The molecule has 0 aliphatic carbocycles. The molecule has 6 nitrogen and oxygen atoms in total. The number of hydrogen-bond donors (Lipinski definition) is 1. The van der Waals surface area contributed by atoms with Gasteiger partial charge in [-0.25, -0.2) is 4.98 Å². The first-order valence-corrected chi connectivity index (χ1v) is 6.10. The molecule has 2 rings (SSSR count). The number of nitro benzene ring substituents is 1. The van der Waals surface area contributed by atoms with Gasteiger partial charge in [0, 0.05) is 17.3 Å². The fourth-order valence-corrected chi connectivity index (χ4v) is 1.89. The Morgan fingerprint density at radius 2 is 2.05 bits per heavy atom. The summed E-state index contributed by atoms with van der Waals surface area (Å²) in [5.74, 6) is -0.603. The van der Waals surface area contributed by atoms with Crippen molar-refractivity contribution in [3.63, 3.8) is 0 Å². The number of nitrogens with one attached hydrogen (secondary N) is 1. The van der Waals surface area contributed by atoms with E-state index in [1.54, 1.807) is 0 Å². The third kappa shape index (κ3) is 3.04. The minimum absolute atomic E-state index is 0.00702. The molecular weight excluding hydrogens is 305 g/mol. The van der Waals surface area contributed by atoms with Crippen molar-refractivity contribution in [2.75, 3.05) is 5.32 Å². The Bertz CT molecular complexity index is 691. The van der Waals surface area contributed by atoms with E-state index >= 15 is 0 Å². The summed E-state index contributed by atoms with van der Waals surface area (Å²) in [4.78, 5) is 26.1. The molecule has 1 aromatic heterocycles. The lowest BCUT2D eigenvalue weighted by Gasteiger charge is -2.07. The zero-order valence-corrected chi connectivity index (χ0v) is 11.4. The van der Waals surface area contributed by atoms with E-state index in [-0.39, 0.29) is 27.1 Å². The zero-order valence-electron chi connectivity index (χ0n) is 9.84. The van der Waals surface area contributed by atoms with E-state index in [2.05, 4.69) is 10.3 Å². The molecule has 1 aromatic carbocycles. The SMILES string of the molecule is O=C(Nc1cc(Cl)ccc1[N+](=O)[O-])c1cccnc1Cl. The predicted molar refractivity (Wildman–Crippen MR) is 75.3 cm³/mol. The van der Waals surface area contributed by atoms with Crippen molar-refractivity contribution < 1.29 is 9.72 Å². The van der Waals surface area contributed by atoms with Crippen molar-refractivity contribution in [3.05, 3.63) is 62.4 Å². The average molecular weight is 312 g/mol. The van der Waals surface area contributed by atoms with E-state index in [9.17, 15) is 14.9 Å². The second-order valence-corrected chi connectivity index (χ2v) is 4.51. The van der Waals surface area contributed by atoms with Gasteiger partial charge in [-0.15, -0.1) is 0 Å². The highest BCUT2D eigenvalue weighted by Crippen LogP contribution is 2.28. The van der Waals surface area contributed by atoms with E-state index in [4.69, 9.17) is 23.2 Å². The van der Waals surface area contributed by atoms with E-state index < -0.39 is 10.8 Å². The standard InChI is InChI=1S/C12H7Cl2N3O3/c13-7-3-4-10(17(19)20)9(6-7)16-12(18)8-2-1-5-15-11(8)14/h1-6H,(H,16,18). The summed E-state index contributed by atoms with van der Waals surface area (Å²) in [6.45, 7) is 0. The number of anilines is 1. The molecule has 1 N–H and O–H groups in total. The number of benzene rings is 1. The van der Waals surface area contributed by atoms with Crippen LogP contribution in [0.15, 0.2) is 36.5 Å². The van der Waals surface area contributed by atoms with Crippen LogP contribution in [0, 0.1) is 10.1 Å². The van der Waals surface area contributed by atoms with Crippen molar-refractivity contribution in [1.82, 2.24) is 4.98 Å². The molecule has 1 heterocycles. The maximum atomic E-state index is 12.0. The Kier molecular flexibility index (Phi) is 4.16. The lowest BCUT2D eigenvalue weighted by Crippen LogP contribution is -2.14. The van der Waals surface area contributed by atoms with Crippen molar-refractivity contribution in [1.29, 1.82) is 0 Å². The molecule has 0 aliphatic heterocycles. The van der Waals surface area contributed by atoms with Crippen LogP contribution in [0.25, 0.3) is 0 Å². The molecule has 0 spiro atoms. The molecule has 0 fully saturated rings. The van der Waals surface area contributed by atoms with Gasteiger partial charge in [0.15, 0.2) is 0 Å². The van der Waals surface area contributed by atoms with Gasteiger partial charge in [-0.2, -0.15) is 0 Å². The fraction of sp³-hybridized carbons (Fsp3) is 0. The number of carbonyl (C=O) groups excluding carboxylic acids is 1. The van der Waals surface area contributed by atoms with Gasteiger partial charge < -0.3 is 5.32 Å². The maximum absolute atomic E-state index is 12.0. The average Bonchev–Trinajstić information content (AvgIpc) is 2.38. The Balaban J connectivity index is 2.35. The van der Waals surface area contributed by atoms with Crippen molar-refractivity contribution >= 4 is 40.5 Å². The lowest BCUT2D eigenvalue weighted by atomic mass is 10.2. The highest BCUT2D eigenvalue weighted by atomic mass is 35.5. The van der Waals surface area contributed by atoms with Crippen LogP contribution in [0.4, 0.5) is 11.4 Å². The van der Waals surface area contributed by atoms with E-state index in [0.29, 0.717) is 0 Å². The largest absolute Gasteiger partial charge is 0.316 e. The van der Waals surface area contributed by atoms with Crippen LogP contribution in [-0.4, -0.2) is 15.8 Å². The summed E-state index contributed by atoms with van der Waals surface area (Å²) >= 11 is 11.6. The molecule has 0 aliphatic rings. The van der Waals surface area contributed by atoms with Crippen LogP contribution < -0.4 is 5.32 Å². The summed E-state index contributed by atoms with van der Waals surface area (Å²) < 4.78 is 0.